The number of aliphatic hydroxyl groups is 1. The first-order valence-electron chi connectivity index (χ1n) is 10.2. The standard InChI is InChI=1S/C23H28N4O3S.HI/c1-3-24-23(25-11-12-30-19-9-6-8-18(14-19)27-16(2)28)26-15-20(29)22-13-17-7-4-5-10-21(17)31-22;/h4-10,13-14,20,29H,3,11-12,15H2,1-2H3,(H,27,28)(H2,24,25,26);1H. The van der Waals surface area contributed by atoms with Crippen LogP contribution in [0.3, 0.4) is 0 Å². The number of thiophene rings is 1. The highest BCUT2D eigenvalue weighted by molar-refractivity contribution is 14.0. The van der Waals surface area contributed by atoms with Crippen LogP contribution >= 0.6 is 35.3 Å². The first-order valence-corrected chi connectivity index (χ1v) is 11.1. The molecular formula is C23H29IN4O3S. The minimum Gasteiger partial charge on any atom is -0.492 e. The normalized spacial score (nSPS) is 12.0. The van der Waals surface area contributed by atoms with Crippen molar-refractivity contribution in [2.24, 2.45) is 4.99 Å². The van der Waals surface area contributed by atoms with Gasteiger partial charge in [-0.05, 0) is 36.6 Å². The van der Waals surface area contributed by atoms with Gasteiger partial charge in [-0.15, -0.1) is 35.3 Å². The lowest BCUT2D eigenvalue weighted by atomic mass is 10.2. The molecule has 0 aliphatic heterocycles. The third kappa shape index (κ3) is 7.95. The maximum atomic E-state index is 11.2. The van der Waals surface area contributed by atoms with Crippen LogP contribution < -0.4 is 20.7 Å². The van der Waals surface area contributed by atoms with Gasteiger partial charge in [0.1, 0.15) is 18.5 Å². The summed E-state index contributed by atoms with van der Waals surface area (Å²) in [6.45, 7) is 5.40. The predicted octanol–water partition coefficient (Wildman–Crippen LogP) is 4.15. The minimum atomic E-state index is -0.652. The molecule has 172 valence electrons. The highest BCUT2D eigenvalue weighted by Crippen LogP contribution is 2.29. The molecule has 1 amide bonds. The van der Waals surface area contributed by atoms with E-state index in [2.05, 4.69) is 27.0 Å². The molecule has 1 unspecified atom stereocenters. The summed E-state index contributed by atoms with van der Waals surface area (Å²) in [4.78, 5) is 16.6. The van der Waals surface area contributed by atoms with Gasteiger partial charge in [0.05, 0.1) is 13.1 Å². The van der Waals surface area contributed by atoms with Crippen LogP contribution in [0, 0.1) is 0 Å². The number of ether oxygens (including phenoxy) is 1. The molecule has 0 saturated heterocycles. The van der Waals surface area contributed by atoms with Gasteiger partial charge in [-0.25, -0.2) is 0 Å². The van der Waals surface area contributed by atoms with Crippen molar-refractivity contribution in [3.8, 4) is 5.75 Å². The number of hydrogen-bond acceptors (Lipinski definition) is 5. The molecule has 9 heteroatoms. The van der Waals surface area contributed by atoms with Gasteiger partial charge >= 0.3 is 0 Å². The van der Waals surface area contributed by atoms with Gasteiger partial charge in [0.15, 0.2) is 5.96 Å². The van der Waals surface area contributed by atoms with Gasteiger partial charge in [-0.1, -0.05) is 24.3 Å². The molecule has 0 aliphatic carbocycles. The van der Waals surface area contributed by atoms with E-state index in [-0.39, 0.29) is 36.4 Å². The Bertz CT molecular complexity index is 1010. The van der Waals surface area contributed by atoms with Crippen LogP contribution in [0.2, 0.25) is 0 Å². The molecule has 0 fully saturated rings. The fourth-order valence-electron chi connectivity index (χ4n) is 2.98. The minimum absolute atomic E-state index is 0. The quantitative estimate of drug-likeness (QED) is 0.135. The topological polar surface area (TPSA) is 95.0 Å². The number of nitrogens with one attached hydrogen (secondary N) is 3. The lowest BCUT2D eigenvalue weighted by Gasteiger charge is -2.13. The van der Waals surface area contributed by atoms with E-state index in [4.69, 9.17) is 4.74 Å². The molecule has 0 saturated carbocycles. The van der Waals surface area contributed by atoms with Gasteiger partial charge in [0.2, 0.25) is 5.91 Å². The Hall–Kier alpha value is -2.37. The van der Waals surface area contributed by atoms with Crippen LogP contribution in [-0.4, -0.2) is 43.2 Å². The van der Waals surface area contributed by atoms with Crippen molar-refractivity contribution >= 4 is 63.0 Å². The van der Waals surface area contributed by atoms with Gasteiger partial charge in [-0.2, -0.15) is 0 Å². The Labute approximate surface area is 209 Å². The molecule has 0 radical (unpaired) electrons. The van der Waals surface area contributed by atoms with E-state index < -0.39 is 6.10 Å². The van der Waals surface area contributed by atoms with E-state index in [1.54, 1.807) is 17.4 Å². The van der Waals surface area contributed by atoms with Crippen LogP contribution in [0.15, 0.2) is 59.6 Å². The van der Waals surface area contributed by atoms with E-state index in [1.165, 1.54) is 6.92 Å². The zero-order valence-corrected chi connectivity index (χ0v) is 21.3. The van der Waals surface area contributed by atoms with E-state index in [9.17, 15) is 9.90 Å². The Morgan fingerprint density at radius 2 is 1.97 bits per heavy atom. The van der Waals surface area contributed by atoms with Crippen molar-refractivity contribution < 1.29 is 14.6 Å². The molecule has 0 aliphatic rings. The summed E-state index contributed by atoms with van der Waals surface area (Å²) in [7, 11) is 0. The Morgan fingerprint density at radius 1 is 1.16 bits per heavy atom. The average Bonchev–Trinajstić information content (AvgIpc) is 3.19. The number of fused-ring (bicyclic) bond motifs is 1. The fourth-order valence-corrected chi connectivity index (χ4v) is 4.02. The second-order valence-electron chi connectivity index (χ2n) is 6.91. The molecule has 7 nitrogen and oxygen atoms in total. The van der Waals surface area contributed by atoms with Gasteiger partial charge < -0.3 is 25.8 Å². The number of hydrogen-bond donors (Lipinski definition) is 4. The summed E-state index contributed by atoms with van der Waals surface area (Å²) in [5.41, 5.74) is 0.697. The SMILES string of the molecule is CCNC(=NCC(O)c1cc2ccccc2s1)NCCOc1cccc(NC(C)=O)c1.I. The van der Waals surface area contributed by atoms with Crippen molar-refractivity contribution in [1.29, 1.82) is 0 Å². The molecule has 0 bridgehead atoms. The van der Waals surface area contributed by atoms with Crippen LogP contribution in [0.5, 0.6) is 5.75 Å². The molecule has 3 aromatic rings. The number of aliphatic hydroxyl groups excluding tert-OH is 1. The Balaban J connectivity index is 0.00000363. The lowest BCUT2D eigenvalue weighted by molar-refractivity contribution is -0.114. The van der Waals surface area contributed by atoms with E-state index in [1.807, 2.05) is 49.4 Å². The number of halogens is 1. The fraction of sp³-hybridized carbons (Fsp3) is 0.304. The van der Waals surface area contributed by atoms with Gasteiger partial charge in [0, 0.05) is 34.8 Å². The first-order chi connectivity index (χ1) is 15.0. The number of rotatable bonds is 9. The number of benzene rings is 2. The van der Waals surface area contributed by atoms with E-state index in [0.29, 0.717) is 37.1 Å². The zero-order valence-electron chi connectivity index (χ0n) is 18.1. The Kier molecular flexibility index (Phi) is 10.7. The molecule has 1 heterocycles. The summed E-state index contributed by atoms with van der Waals surface area (Å²) in [5.74, 6) is 1.18. The molecule has 0 spiro atoms. The number of carbonyl (C=O) groups is 1. The maximum absolute atomic E-state index is 11.2. The van der Waals surface area contributed by atoms with Crippen molar-refractivity contribution in [3.05, 3.63) is 59.5 Å². The van der Waals surface area contributed by atoms with Crippen LogP contribution in [0.1, 0.15) is 24.8 Å². The largest absolute Gasteiger partial charge is 0.492 e. The van der Waals surface area contributed by atoms with Crippen molar-refractivity contribution in [1.82, 2.24) is 10.6 Å². The number of carbonyl (C=O) groups excluding carboxylic acids is 1. The smallest absolute Gasteiger partial charge is 0.221 e. The molecule has 4 N–H and O–H groups in total. The monoisotopic (exact) mass is 568 g/mol. The second-order valence-corrected chi connectivity index (χ2v) is 8.02. The zero-order chi connectivity index (χ0) is 22.1. The van der Waals surface area contributed by atoms with Gasteiger partial charge in [-0.3, -0.25) is 9.79 Å². The van der Waals surface area contributed by atoms with Crippen molar-refractivity contribution in [2.45, 2.75) is 20.0 Å². The van der Waals surface area contributed by atoms with Crippen LogP contribution in [0.25, 0.3) is 10.1 Å². The van der Waals surface area contributed by atoms with Crippen LogP contribution in [0.4, 0.5) is 5.69 Å². The third-order valence-corrected chi connectivity index (χ3v) is 5.57. The second kappa shape index (κ2) is 13.2. The predicted molar refractivity (Wildman–Crippen MR) is 142 cm³/mol. The molecule has 1 atom stereocenters. The summed E-state index contributed by atoms with van der Waals surface area (Å²) < 4.78 is 6.90. The summed E-state index contributed by atoms with van der Waals surface area (Å²) >= 11 is 1.59. The molecular weight excluding hydrogens is 539 g/mol. The van der Waals surface area contributed by atoms with E-state index >= 15 is 0 Å². The third-order valence-electron chi connectivity index (χ3n) is 4.36. The number of amides is 1. The highest BCUT2D eigenvalue weighted by atomic mass is 127. The van der Waals surface area contributed by atoms with Gasteiger partial charge in [0.25, 0.3) is 0 Å². The van der Waals surface area contributed by atoms with Crippen LogP contribution in [-0.2, 0) is 4.79 Å². The lowest BCUT2D eigenvalue weighted by Crippen LogP contribution is -2.39. The molecule has 32 heavy (non-hydrogen) atoms. The summed E-state index contributed by atoms with van der Waals surface area (Å²) in [6.07, 6.45) is -0.652. The summed E-state index contributed by atoms with van der Waals surface area (Å²) in [5, 5.41) is 20.8. The first kappa shape index (κ1) is 25.9. The number of guanidine groups is 1. The summed E-state index contributed by atoms with van der Waals surface area (Å²) in [6, 6.07) is 17.4. The number of anilines is 1. The van der Waals surface area contributed by atoms with E-state index in [0.717, 1.165) is 15.0 Å². The average molecular weight is 568 g/mol. The number of nitrogens with zero attached hydrogens (tertiary/aromatic N) is 1. The molecule has 1 aromatic heterocycles. The molecule has 2 aromatic carbocycles. The number of aliphatic imine (C=N–C) groups is 1. The maximum Gasteiger partial charge on any atom is 0.221 e. The van der Waals surface area contributed by atoms with Crippen molar-refractivity contribution in [3.63, 3.8) is 0 Å². The molecule has 3 rings (SSSR count). The highest BCUT2D eigenvalue weighted by Gasteiger charge is 2.11. The van der Waals surface area contributed by atoms with Crippen molar-refractivity contribution in [2.75, 3.05) is 31.6 Å². The Morgan fingerprint density at radius 3 is 2.72 bits per heavy atom.